The van der Waals surface area contributed by atoms with E-state index in [9.17, 15) is 14.0 Å². The molecule has 0 bridgehead atoms. The quantitative estimate of drug-likeness (QED) is 0.781. The van der Waals surface area contributed by atoms with Crippen LogP contribution in [-0.4, -0.2) is 20.5 Å². The summed E-state index contributed by atoms with van der Waals surface area (Å²) in [5.74, 6) is -1.39. The molecule has 3 aromatic rings. The van der Waals surface area contributed by atoms with E-state index in [0.29, 0.717) is 29.7 Å². The van der Waals surface area contributed by atoms with E-state index in [2.05, 4.69) is 4.98 Å². The average molecular weight is 336 g/mol. The van der Waals surface area contributed by atoms with Crippen molar-refractivity contribution in [2.24, 2.45) is 0 Å². The summed E-state index contributed by atoms with van der Waals surface area (Å²) >= 11 is 0. The van der Waals surface area contributed by atoms with Crippen LogP contribution in [0.5, 0.6) is 0 Å². The van der Waals surface area contributed by atoms with Crippen LogP contribution in [-0.2, 0) is 6.42 Å². The molecule has 6 heteroatoms. The van der Waals surface area contributed by atoms with Gasteiger partial charge in [0.2, 0.25) is 0 Å². The summed E-state index contributed by atoms with van der Waals surface area (Å²) < 4.78 is 14.3. The molecule has 0 saturated carbocycles. The number of benzene rings is 1. The van der Waals surface area contributed by atoms with Crippen LogP contribution in [0.3, 0.4) is 0 Å². The van der Waals surface area contributed by atoms with Crippen molar-refractivity contribution < 1.29 is 14.3 Å². The first-order valence-electron chi connectivity index (χ1n) is 7.78. The van der Waals surface area contributed by atoms with Crippen LogP contribution in [0.4, 0.5) is 4.39 Å². The molecule has 2 aromatic heterocycles. The second kappa shape index (κ2) is 5.66. The topological polar surface area (TPSA) is 71.7 Å². The van der Waals surface area contributed by atoms with Crippen LogP contribution in [0.25, 0.3) is 17.3 Å². The molecule has 0 saturated heterocycles. The van der Waals surface area contributed by atoms with Gasteiger partial charge in [-0.2, -0.15) is 0 Å². The van der Waals surface area contributed by atoms with Crippen LogP contribution in [0.15, 0.2) is 47.4 Å². The third kappa shape index (κ3) is 2.61. The Bertz CT molecular complexity index is 1100. The second-order valence-electron chi connectivity index (χ2n) is 5.92. The highest BCUT2D eigenvalue weighted by Gasteiger charge is 2.23. The Morgan fingerprint density at radius 3 is 2.64 bits per heavy atom. The molecule has 2 heterocycles. The average Bonchev–Trinajstić information content (AvgIpc) is 3.00. The zero-order valence-corrected chi connectivity index (χ0v) is 13.1. The highest BCUT2D eigenvalue weighted by molar-refractivity contribution is 5.88. The summed E-state index contributed by atoms with van der Waals surface area (Å²) in [6, 6.07) is 9.07. The lowest BCUT2D eigenvalue weighted by Crippen LogP contribution is -2.20. The number of halogens is 1. The highest BCUT2D eigenvalue weighted by atomic mass is 19.1. The van der Waals surface area contributed by atoms with Crippen molar-refractivity contribution in [1.29, 1.82) is 0 Å². The molecule has 1 aromatic carbocycles. The zero-order valence-electron chi connectivity index (χ0n) is 13.1. The maximum absolute atomic E-state index is 13.0. The second-order valence-corrected chi connectivity index (χ2v) is 5.92. The molecule has 124 valence electrons. The Morgan fingerprint density at radius 2 is 1.92 bits per heavy atom. The van der Waals surface area contributed by atoms with Gasteiger partial charge in [0.1, 0.15) is 11.5 Å². The molecule has 25 heavy (non-hydrogen) atoms. The number of allylic oxidation sites excluding steroid dienone is 1. The van der Waals surface area contributed by atoms with Gasteiger partial charge < -0.3 is 5.11 Å². The van der Waals surface area contributed by atoms with Gasteiger partial charge in [-0.15, -0.1) is 0 Å². The van der Waals surface area contributed by atoms with E-state index < -0.39 is 5.97 Å². The van der Waals surface area contributed by atoms with Gasteiger partial charge in [-0.25, -0.2) is 14.2 Å². The predicted molar refractivity (Wildman–Crippen MR) is 91.0 cm³/mol. The number of fused-ring (bicyclic) bond motifs is 2. The van der Waals surface area contributed by atoms with Gasteiger partial charge in [0.15, 0.2) is 0 Å². The summed E-state index contributed by atoms with van der Waals surface area (Å²) in [5, 5.41) is 9.08. The Balaban J connectivity index is 1.87. The van der Waals surface area contributed by atoms with E-state index in [-0.39, 0.29) is 16.9 Å². The molecule has 0 amide bonds. The largest absolute Gasteiger partial charge is 0.478 e. The van der Waals surface area contributed by atoms with Gasteiger partial charge in [-0.1, -0.05) is 12.1 Å². The Labute approximate surface area is 141 Å². The van der Waals surface area contributed by atoms with Crippen molar-refractivity contribution in [2.75, 3.05) is 0 Å². The minimum absolute atomic E-state index is 0.0384. The van der Waals surface area contributed by atoms with E-state index >= 15 is 0 Å². The fourth-order valence-corrected chi connectivity index (χ4v) is 3.07. The lowest BCUT2D eigenvalue weighted by molar-refractivity contribution is 0.0696. The molecule has 1 N–H and O–H groups in total. The first-order valence-corrected chi connectivity index (χ1v) is 7.78. The van der Waals surface area contributed by atoms with Crippen molar-refractivity contribution >= 4 is 23.3 Å². The van der Waals surface area contributed by atoms with Gasteiger partial charge in [-0.05, 0) is 54.3 Å². The van der Waals surface area contributed by atoms with E-state index in [1.807, 2.05) is 6.08 Å². The lowest BCUT2D eigenvalue weighted by Gasteiger charge is -2.06. The number of aromatic carboxylic acids is 1. The fraction of sp³-hybridized carbons (Fsp3) is 0.105. The number of rotatable bonds is 2. The molecule has 0 radical (unpaired) electrons. The minimum Gasteiger partial charge on any atom is -0.478 e. The summed E-state index contributed by atoms with van der Waals surface area (Å²) in [6.07, 6.45) is 4.42. The number of pyridine rings is 1. The molecular formula is C19H13FN2O3. The van der Waals surface area contributed by atoms with Crippen LogP contribution in [0.2, 0.25) is 0 Å². The van der Waals surface area contributed by atoms with Crippen molar-refractivity contribution in [2.45, 2.75) is 12.8 Å². The van der Waals surface area contributed by atoms with Crippen LogP contribution in [0, 0.1) is 5.82 Å². The Hall–Kier alpha value is -3.28. The lowest BCUT2D eigenvalue weighted by atomic mass is 10.1. The number of hydrogen-bond acceptors (Lipinski definition) is 3. The number of aromatic nitrogens is 2. The molecule has 0 unspecified atom stereocenters. The number of nitrogens with zero attached hydrogens (tertiary/aromatic N) is 2. The number of hydrogen-bond donors (Lipinski definition) is 1. The molecule has 4 rings (SSSR count). The molecular weight excluding hydrogens is 323 g/mol. The Morgan fingerprint density at radius 1 is 1.16 bits per heavy atom. The first kappa shape index (κ1) is 15.3. The van der Waals surface area contributed by atoms with E-state index in [1.54, 1.807) is 12.1 Å². The standard InChI is InChI=1S/C19H13FN2O3/c20-14-5-1-11(2-6-14)9-12-3-7-15-17(12)21-16-8-4-13(19(24)25)10-22(16)18(15)23/h1-2,4-6,8-10H,3,7H2,(H,24,25)/b12-9-. The number of carbonyl (C=O) groups is 1. The van der Waals surface area contributed by atoms with Gasteiger partial charge in [0.25, 0.3) is 5.56 Å². The van der Waals surface area contributed by atoms with Crippen LogP contribution < -0.4 is 5.56 Å². The molecule has 5 nitrogen and oxygen atoms in total. The van der Waals surface area contributed by atoms with Crippen molar-refractivity contribution in [3.05, 3.63) is 81.2 Å². The van der Waals surface area contributed by atoms with Gasteiger partial charge >= 0.3 is 5.97 Å². The summed E-state index contributed by atoms with van der Waals surface area (Å²) in [4.78, 5) is 28.3. The maximum atomic E-state index is 13.0. The predicted octanol–water partition coefficient (Wildman–Crippen LogP) is 3.02. The minimum atomic E-state index is -1.09. The van der Waals surface area contributed by atoms with Crippen LogP contribution >= 0.6 is 0 Å². The Kier molecular flexibility index (Phi) is 3.46. The highest BCUT2D eigenvalue weighted by Crippen LogP contribution is 2.30. The van der Waals surface area contributed by atoms with Crippen molar-refractivity contribution in [3.8, 4) is 0 Å². The maximum Gasteiger partial charge on any atom is 0.337 e. The molecule has 1 aliphatic carbocycles. The zero-order chi connectivity index (χ0) is 17.6. The van der Waals surface area contributed by atoms with E-state index in [1.165, 1.54) is 34.9 Å². The van der Waals surface area contributed by atoms with Gasteiger partial charge in [-0.3, -0.25) is 9.20 Å². The van der Waals surface area contributed by atoms with Crippen molar-refractivity contribution in [1.82, 2.24) is 9.38 Å². The third-order valence-electron chi connectivity index (χ3n) is 4.32. The van der Waals surface area contributed by atoms with Gasteiger partial charge in [0.05, 0.1) is 11.3 Å². The molecule has 0 spiro atoms. The molecule has 0 atom stereocenters. The third-order valence-corrected chi connectivity index (χ3v) is 4.32. The summed E-state index contributed by atoms with van der Waals surface area (Å²) in [6.45, 7) is 0. The molecule has 1 aliphatic rings. The van der Waals surface area contributed by atoms with E-state index in [0.717, 1.165) is 11.1 Å². The number of carboxylic acid groups (broad SMARTS) is 1. The monoisotopic (exact) mass is 336 g/mol. The number of carboxylic acids is 1. The van der Waals surface area contributed by atoms with Gasteiger partial charge in [0, 0.05) is 11.8 Å². The van der Waals surface area contributed by atoms with Crippen molar-refractivity contribution in [3.63, 3.8) is 0 Å². The normalized spacial score (nSPS) is 14.8. The van der Waals surface area contributed by atoms with Crippen LogP contribution in [0.1, 0.15) is 33.6 Å². The molecule has 0 fully saturated rings. The van der Waals surface area contributed by atoms with E-state index in [4.69, 9.17) is 5.11 Å². The smallest absolute Gasteiger partial charge is 0.337 e. The SMILES string of the molecule is O=C(O)c1ccc2nc3c(c(=O)n2c1)CC/C3=C/c1ccc(F)cc1. The summed E-state index contributed by atoms with van der Waals surface area (Å²) in [5.41, 5.74) is 3.17. The molecule has 0 aliphatic heterocycles. The first-order chi connectivity index (χ1) is 12.0. The summed E-state index contributed by atoms with van der Waals surface area (Å²) in [7, 11) is 0. The fourth-order valence-electron chi connectivity index (χ4n) is 3.07.